The molecular weight excluding hydrogens is 297 g/mol. The van der Waals surface area contributed by atoms with Crippen LogP contribution in [0.4, 0.5) is 10.1 Å². The lowest BCUT2D eigenvalue weighted by atomic mass is 10.3. The van der Waals surface area contributed by atoms with Crippen LogP contribution in [-0.4, -0.2) is 20.5 Å². The largest absolute Gasteiger partial charge is 0.497 e. The van der Waals surface area contributed by atoms with Gasteiger partial charge in [0, 0.05) is 18.8 Å². The average molecular weight is 311 g/mol. The molecule has 0 saturated carbocycles. The van der Waals surface area contributed by atoms with Crippen LogP contribution in [0.2, 0.25) is 0 Å². The van der Waals surface area contributed by atoms with Crippen molar-refractivity contribution in [3.63, 3.8) is 0 Å². The second-order valence-electron chi connectivity index (χ2n) is 4.16. The number of ether oxygens (including phenoxy) is 1. The van der Waals surface area contributed by atoms with E-state index in [0.29, 0.717) is 11.3 Å². The molecule has 0 saturated heterocycles. The highest BCUT2D eigenvalue weighted by atomic mass is 32.2. The van der Waals surface area contributed by atoms with Gasteiger partial charge in [-0.15, -0.1) is 0 Å². The van der Waals surface area contributed by atoms with Crippen molar-refractivity contribution in [2.45, 2.75) is 11.6 Å². The van der Waals surface area contributed by atoms with Crippen molar-refractivity contribution < 1.29 is 17.5 Å². The summed E-state index contributed by atoms with van der Waals surface area (Å²) in [5.41, 5.74) is 5.90. The van der Waals surface area contributed by atoms with E-state index in [4.69, 9.17) is 10.5 Å². The van der Waals surface area contributed by atoms with Crippen LogP contribution in [0.15, 0.2) is 41.6 Å². The highest BCUT2D eigenvalue weighted by Crippen LogP contribution is 2.23. The summed E-state index contributed by atoms with van der Waals surface area (Å²) in [6, 6.07) is 6.61. The smallest absolute Gasteiger partial charge is 0.279 e. The molecule has 0 radical (unpaired) electrons. The Hall–Kier alpha value is -2.19. The number of benzene rings is 1. The molecule has 112 valence electrons. The fourth-order valence-corrected chi connectivity index (χ4v) is 2.59. The van der Waals surface area contributed by atoms with E-state index in [2.05, 4.69) is 9.71 Å². The molecule has 0 aliphatic rings. The van der Waals surface area contributed by atoms with Crippen LogP contribution in [0, 0.1) is 5.82 Å². The Labute approximate surface area is 121 Å². The molecule has 0 atom stereocenters. The third kappa shape index (κ3) is 3.47. The predicted octanol–water partition coefficient (Wildman–Crippen LogP) is 1.49. The number of anilines is 1. The van der Waals surface area contributed by atoms with E-state index < -0.39 is 15.8 Å². The van der Waals surface area contributed by atoms with Crippen molar-refractivity contribution in [1.29, 1.82) is 0 Å². The van der Waals surface area contributed by atoms with Crippen molar-refractivity contribution in [2.75, 3.05) is 11.8 Å². The average Bonchev–Trinajstić information content (AvgIpc) is 2.49. The van der Waals surface area contributed by atoms with Gasteiger partial charge in [-0.2, -0.15) is 8.42 Å². The third-order valence-electron chi connectivity index (χ3n) is 2.73. The van der Waals surface area contributed by atoms with E-state index in [0.717, 1.165) is 6.07 Å². The van der Waals surface area contributed by atoms with Crippen LogP contribution in [0.3, 0.4) is 0 Å². The van der Waals surface area contributed by atoms with Gasteiger partial charge < -0.3 is 10.5 Å². The maximum atomic E-state index is 13.7. The molecule has 0 bridgehead atoms. The van der Waals surface area contributed by atoms with E-state index in [1.807, 2.05) is 0 Å². The molecule has 1 heterocycles. The lowest BCUT2D eigenvalue weighted by molar-refractivity contribution is 0.414. The van der Waals surface area contributed by atoms with Crippen LogP contribution in [-0.2, 0) is 16.6 Å². The first-order chi connectivity index (χ1) is 9.96. The van der Waals surface area contributed by atoms with Gasteiger partial charge in [0.1, 0.15) is 11.6 Å². The van der Waals surface area contributed by atoms with Gasteiger partial charge >= 0.3 is 0 Å². The van der Waals surface area contributed by atoms with Crippen LogP contribution < -0.4 is 15.2 Å². The number of halogens is 1. The van der Waals surface area contributed by atoms with E-state index in [1.165, 1.54) is 31.5 Å². The second-order valence-corrected chi connectivity index (χ2v) is 5.79. The van der Waals surface area contributed by atoms with Crippen molar-refractivity contribution in [2.24, 2.45) is 5.73 Å². The minimum atomic E-state index is -3.98. The van der Waals surface area contributed by atoms with Crippen LogP contribution in [0.5, 0.6) is 5.75 Å². The van der Waals surface area contributed by atoms with Gasteiger partial charge in [-0.25, -0.2) is 9.37 Å². The number of nitrogens with one attached hydrogen (secondary N) is 1. The van der Waals surface area contributed by atoms with Gasteiger partial charge in [-0.1, -0.05) is 6.07 Å². The summed E-state index contributed by atoms with van der Waals surface area (Å²) in [4.78, 5) is 3.81. The zero-order chi connectivity index (χ0) is 15.5. The van der Waals surface area contributed by atoms with Gasteiger partial charge in [-0.3, -0.25) is 4.72 Å². The molecule has 3 N–H and O–H groups in total. The molecule has 0 fully saturated rings. The first-order valence-corrected chi connectivity index (χ1v) is 7.46. The topological polar surface area (TPSA) is 94.3 Å². The lowest BCUT2D eigenvalue weighted by Crippen LogP contribution is -2.15. The fraction of sp³-hybridized carbons (Fsp3) is 0.154. The number of aromatic nitrogens is 1. The Kier molecular flexibility index (Phi) is 4.39. The molecule has 0 amide bonds. The number of sulfonamides is 1. The molecule has 1 aromatic heterocycles. The molecule has 21 heavy (non-hydrogen) atoms. The molecule has 0 aliphatic heterocycles. The summed E-state index contributed by atoms with van der Waals surface area (Å²) < 4.78 is 45.0. The van der Waals surface area contributed by atoms with E-state index in [1.54, 1.807) is 6.07 Å². The minimum absolute atomic E-state index is 0.209. The van der Waals surface area contributed by atoms with E-state index in [9.17, 15) is 12.8 Å². The Bertz CT molecular complexity index is 733. The van der Waals surface area contributed by atoms with Crippen LogP contribution >= 0.6 is 0 Å². The highest BCUT2D eigenvalue weighted by Gasteiger charge is 2.18. The SMILES string of the molecule is COc1ccc(F)c(NS(=O)(=O)c2ccc(CN)cn2)c1. The third-order valence-corrected chi connectivity index (χ3v) is 4.01. The van der Waals surface area contributed by atoms with Crippen molar-refractivity contribution >= 4 is 15.7 Å². The molecule has 0 spiro atoms. The predicted molar refractivity (Wildman–Crippen MR) is 75.9 cm³/mol. The summed E-state index contributed by atoms with van der Waals surface area (Å²) in [7, 11) is -2.58. The Balaban J connectivity index is 2.32. The standard InChI is InChI=1S/C13H14FN3O3S/c1-20-10-3-4-11(14)12(6-10)17-21(18,19)13-5-2-9(7-15)8-16-13/h2-6,8,17H,7,15H2,1H3. The quantitative estimate of drug-likeness (QED) is 0.872. The normalized spacial score (nSPS) is 11.2. The van der Waals surface area contributed by atoms with Gasteiger partial charge in [0.05, 0.1) is 12.8 Å². The maximum Gasteiger partial charge on any atom is 0.279 e. The lowest BCUT2D eigenvalue weighted by Gasteiger charge is -2.10. The maximum absolute atomic E-state index is 13.7. The monoisotopic (exact) mass is 311 g/mol. The van der Waals surface area contributed by atoms with Crippen molar-refractivity contribution in [3.8, 4) is 5.75 Å². The second kappa shape index (κ2) is 6.06. The van der Waals surface area contributed by atoms with Crippen LogP contribution in [0.1, 0.15) is 5.56 Å². The molecule has 2 aromatic rings. The number of hydrogen-bond donors (Lipinski definition) is 2. The van der Waals surface area contributed by atoms with Crippen molar-refractivity contribution in [1.82, 2.24) is 4.98 Å². The van der Waals surface area contributed by atoms with E-state index in [-0.39, 0.29) is 17.3 Å². The fourth-order valence-electron chi connectivity index (χ4n) is 1.60. The molecule has 1 aromatic carbocycles. The van der Waals surface area contributed by atoms with E-state index >= 15 is 0 Å². The van der Waals surface area contributed by atoms with Gasteiger partial charge in [-0.05, 0) is 23.8 Å². The Morgan fingerprint density at radius 3 is 2.67 bits per heavy atom. The molecule has 2 rings (SSSR count). The minimum Gasteiger partial charge on any atom is -0.497 e. The van der Waals surface area contributed by atoms with Gasteiger partial charge in [0.25, 0.3) is 10.0 Å². The molecular formula is C13H14FN3O3S. The molecule has 8 heteroatoms. The number of nitrogens with two attached hydrogens (primary N) is 1. The number of hydrogen-bond acceptors (Lipinski definition) is 5. The van der Waals surface area contributed by atoms with Crippen LogP contribution in [0.25, 0.3) is 0 Å². The highest BCUT2D eigenvalue weighted by molar-refractivity contribution is 7.92. The zero-order valence-electron chi connectivity index (χ0n) is 11.2. The summed E-state index contributed by atoms with van der Waals surface area (Å²) >= 11 is 0. The molecule has 6 nitrogen and oxygen atoms in total. The Morgan fingerprint density at radius 2 is 2.10 bits per heavy atom. The Morgan fingerprint density at radius 1 is 1.33 bits per heavy atom. The van der Waals surface area contributed by atoms with Gasteiger partial charge in [0.2, 0.25) is 0 Å². The number of rotatable bonds is 5. The zero-order valence-corrected chi connectivity index (χ0v) is 12.0. The molecule has 0 aliphatic carbocycles. The summed E-state index contributed by atoms with van der Waals surface area (Å²) in [5, 5.41) is -0.220. The first-order valence-electron chi connectivity index (χ1n) is 5.97. The number of nitrogens with zero attached hydrogens (tertiary/aromatic N) is 1. The van der Waals surface area contributed by atoms with Crippen molar-refractivity contribution in [3.05, 3.63) is 47.9 Å². The van der Waals surface area contributed by atoms with Gasteiger partial charge in [0.15, 0.2) is 5.03 Å². The first kappa shape index (κ1) is 15.2. The number of pyridine rings is 1. The summed E-state index contributed by atoms with van der Waals surface area (Å²) in [5.74, 6) is -0.376. The summed E-state index contributed by atoms with van der Waals surface area (Å²) in [6.07, 6.45) is 1.36. The molecule has 0 unspecified atom stereocenters. The summed E-state index contributed by atoms with van der Waals surface area (Å²) in [6.45, 7) is 0.255. The number of methoxy groups -OCH3 is 1.